The summed E-state index contributed by atoms with van der Waals surface area (Å²) in [6, 6.07) is 17.0. The highest BCUT2D eigenvalue weighted by Crippen LogP contribution is 2.12. The van der Waals surface area contributed by atoms with Crippen molar-refractivity contribution in [3.05, 3.63) is 71.3 Å². The van der Waals surface area contributed by atoms with Gasteiger partial charge in [0.2, 0.25) is 0 Å². The Kier molecular flexibility index (Phi) is 7.36. The summed E-state index contributed by atoms with van der Waals surface area (Å²) >= 11 is 0. The number of hydrogen-bond donors (Lipinski definition) is 1. The maximum Gasteiger partial charge on any atom is 0.253 e. The molecule has 0 aliphatic carbocycles. The summed E-state index contributed by atoms with van der Waals surface area (Å²) in [5.41, 5.74) is 7.91. The second kappa shape index (κ2) is 9.73. The molecule has 5 nitrogen and oxygen atoms in total. The summed E-state index contributed by atoms with van der Waals surface area (Å²) in [6.07, 6.45) is 0.768. The van der Waals surface area contributed by atoms with E-state index in [1.54, 1.807) is 41.1 Å². The fourth-order valence-electron chi connectivity index (χ4n) is 2.71. The molecule has 2 aromatic rings. The molecule has 0 aromatic heterocycles. The van der Waals surface area contributed by atoms with E-state index in [0.29, 0.717) is 37.3 Å². The van der Waals surface area contributed by atoms with Crippen molar-refractivity contribution in [2.45, 2.75) is 13.3 Å². The first-order valence-corrected chi connectivity index (χ1v) is 8.95. The van der Waals surface area contributed by atoms with E-state index in [9.17, 15) is 9.59 Å². The minimum atomic E-state index is -0.0971. The van der Waals surface area contributed by atoms with Crippen molar-refractivity contribution >= 4 is 11.8 Å². The normalized spacial score (nSPS) is 10.4. The van der Waals surface area contributed by atoms with Gasteiger partial charge >= 0.3 is 0 Å². The van der Waals surface area contributed by atoms with E-state index < -0.39 is 0 Å². The van der Waals surface area contributed by atoms with E-state index in [1.165, 1.54) is 5.56 Å². The highest BCUT2D eigenvalue weighted by molar-refractivity contribution is 5.99. The Labute approximate surface area is 155 Å². The first kappa shape index (κ1) is 19.7. The lowest BCUT2D eigenvalue weighted by atomic mass is 10.1. The molecule has 0 bridgehead atoms. The van der Waals surface area contributed by atoms with E-state index in [1.807, 2.05) is 37.3 Å². The summed E-state index contributed by atoms with van der Waals surface area (Å²) in [4.78, 5) is 28.6. The van der Waals surface area contributed by atoms with Crippen LogP contribution >= 0.6 is 0 Å². The summed E-state index contributed by atoms with van der Waals surface area (Å²) < 4.78 is 0. The Bertz CT molecular complexity index is 731. The SMILES string of the molecule is CCN(C)C(=O)c1cccc(C(=O)N(CCN)CCc2ccccc2)c1. The Morgan fingerprint density at radius 1 is 0.923 bits per heavy atom. The molecular formula is C21H27N3O2. The van der Waals surface area contributed by atoms with Gasteiger partial charge in [-0.1, -0.05) is 36.4 Å². The van der Waals surface area contributed by atoms with Crippen LogP contribution in [-0.4, -0.2) is 54.8 Å². The average molecular weight is 353 g/mol. The van der Waals surface area contributed by atoms with Crippen LogP contribution in [0.4, 0.5) is 0 Å². The molecule has 5 heteroatoms. The van der Waals surface area contributed by atoms with Crippen molar-refractivity contribution in [2.75, 3.05) is 33.2 Å². The van der Waals surface area contributed by atoms with E-state index in [0.717, 1.165) is 6.42 Å². The Morgan fingerprint density at radius 2 is 1.58 bits per heavy atom. The molecule has 138 valence electrons. The molecular weight excluding hydrogens is 326 g/mol. The molecule has 0 spiro atoms. The lowest BCUT2D eigenvalue weighted by molar-refractivity contribution is 0.0762. The third-order valence-electron chi connectivity index (χ3n) is 4.38. The Hall–Kier alpha value is -2.66. The van der Waals surface area contributed by atoms with Crippen molar-refractivity contribution in [1.82, 2.24) is 9.80 Å². The molecule has 0 saturated carbocycles. The standard InChI is InChI=1S/C21H27N3O2/c1-3-23(2)20(25)18-10-7-11-19(16-18)21(26)24(15-13-22)14-12-17-8-5-4-6-9-17/h4-11,16H,3,12-15,22H2,1-2H3. The van der Waals surface area contributed by atoms with Gasteiger partial charge in [0.15, 0.2) is 0 Å². The maximum atomic E-state index is 12.9. The Morgan fingerprint density at radius 3 is 2.19 bits per heavy atom. The molecule has 0 fully saturated rings. The van der Waals surface area contributed by atoms with Gasteiger partial charge in [-0.25, -0.2) is 0 Å². The van der Waals surface area contributed by atoms with Gasteiger partial charge < -0.3 is 15.5 Å². The van der Waals surface area contributed by atoms with Crippen LogP contribution in [0.3, 0.4) is 0 Å². The average Bonchev–Trinajstić information content (AvgIpc) is 2.70. The van der Waals surface area contributed by atoms with Gasteiger partial charge in [0, 0.05) is 44.4 Å². The van der Waals surface area contributed by atoms with Crippen molar-refractivity contribution in [1.29, 1.82) is 0 Å². The monoisotopic (exact) mass is 353 g/mol. The van der Waals surface area contributed by atoms with Crippen molar-refractivity contribution in [3.63, 3.8) is 0 Å². The lowest BCUT2D eigenvalue weighted by Gasteiger charge is -2.23. The number of amides is 2. The van der Waals surface area contributed by atoms with Gasteiger partial charge in [-0.05, 0) is 37.1 Å². The quantitative estimate of drug-likeness (QED) is 0.792. The van der Waals surface area contributed by atoms with E-state index in [-0.39, 0.29) is 11.8 Å². The molecule has 0 aliphatic rings. The minimum Gasteiger partial charge on any atom is -0.342 e. The summed E-state index contributed by atoms with van der Waals surface area (Å²) in [5, 5.41) is 0. The number of nitrogens with zero attached hydrogens (tertiary/aromatic N) is 2. The third kappa shape index (κ3) is 5.17. The molecule has 2 rings (SSSR count). The molecule has 0 saturated heterocycles. The van der Waals surface area contributed by atoms with Crippen LogP contribution < -0.4 is 5.73 Å². The molecule has 0 radical (unpaired) electrons. The molecule has 0 aliphatic heterocycles. The molecule has 0 heterocycles. The second-order valence-electron chi connectivity index (χ2n) is 6.22. The number of rotatable bonds is 8. The van der Waals surface area contributed by atoms with Crippen LogP contribution in [0.1, 0.15) is 33.2 Å². The van der Waals surface area contributed by atoms with Crippen LogP contribution in [0.2, 0.25) is 0 Å². The van der Waals surface area contributed by atoms with Crippen LogP contribution in [0.5, 0.6) is 0 Å². The summed E-state index contributed by atoms with van der Waals surface area (Å²) in [5.74, 6) is -0.183. The van der Waals surface area contributed by atoms with Gasteiger partial charge in [-0.2, -0.15) is 0 Å². The number of hydrogen-bond acceptors (Lipinski definition) is 3. The molecule has 2 N–H and O–H groups in total. The predicted octanol–water partition coefficient (Wildman–Crippen LogP) is 2.42. The predicted molar refractivity (Wildman–Crippen MR) is 104 cm³/mol. The molecule has 0 atom stereocenters. The number of carbonyl (C=O) groups excluding carboxylic acids is 2. The van der Waals surface area contributed by atoms with Crippen LogP contribution in [0.15, 0.2) is 54.6 Å². The van der Waals surface area contributed by atoms with Crippen LogP contribution in [0, 0.1) is 0 Å². The molecule has 2 amide bonds. The Balaban J connectivity index is 2.14. The van der Waals surface area contributed by atoms with Crippen LogP contribution in [-0.2, 0) is 6.42 Å². The van der Waals surface area contributed by atoms with Gasteiger partial charge in [0.05, 0.1) is 0 Å². The fourth-order valence-corrected chi connectivity index (χ4v) is 2.71. The first-order chi connectivity index (χ1) is 12.6. The number of benzene rings is 2. The smallest absolute Gasteiger partial charge is 0.253 e. The van der Waals surface area contributed by atoms with E-state index >= 15 is 0 Å². The lowest BCUT2D eigenvalue weighted by Crippen LogP contribution is -2.37. The fraction of sp³-hybridized carbons (Fsp3) is 0.333. The maximum absolute atomic E-state index is 12.9. The van der Waals surface area contributed by atoms with Gasteiger partial charge in [0.25, 0.3) is 11.8 Å². The summed E-state index contributed by atoms with van der Waals surface area (Å²) in [7, 11) is 1.75. The third-order valence-corrected chi connectivity index (χ3v) is 4.38. The van der Waals surface area contributed by atoms with Gasteiger partial charge in [0.1, 0.15) is 0 Å². The van der Waals surface area contributed by atoms with Crippen LogP contribution in [0.25, 0.3) is 0 Å². The molecule has 26 heavy (non-hydrogen) atoms. The van der Waals surface area contributed by atoms with Gasteiger partial charge in [-0.3, -0.25) is 9.59 Å². The zero-order chi connectivity index (χ0) is 18.9. The largest absolute Gasteiger partial charge is 0.342 e. The van der Waals surface area contributed by atoms with Crippen molar-refractivity contribution < 1.29 is 9.59 Å². The van der Waals surface area contributed by atoms with Crippen molar-refractivity contribution in [3.8, 4) is 0 Å². The first-order valence-electron chi connectivity index (χ1n) is 8.95. The summed E-state index contributed by atoms with van der Waals surface area (Å²) in [6.45, 7) is 4.01. The molecule has 2 aromatic carbocycles. The minimum absolute atomic E-state index is 0.0863. The highest BCUT2D eigenvalue weighted by Gasteiger charge is 2.17. The van der Waals surface area contributed by atoms with Gasteiger partial charge in [-0.15, -0.1) is 0 Å². The topological polar surface area (TPSA) is 66.6 Å². The number of nitrogens with two attached hydrogens (primary N) is 1. The zero-order valence-corrected chi connectivity index (χ0v) is 15.5. The zero-order valence-electron chi connectivity index (χ0n) is 15.5. The van der Waals surface area contributed by atoms with E-state index in [2.05, 4.69) is 0 Å². The second-order valence-corrected chi connectivity index (χ2v) is 6.22. The highest BCUT2D eigenvalue weighted by atomic mass is 16.2. The molecule has 0 unspecified atom stereocenters. The van der Waals surface area contributed by atoms with Crippen molar-refractivity contribution in [2.24, 2.45) is 5.73 Å². The number of carbonyl (C=O) groups is 2. The van der Waals surface area contributed by atoms with E-state index in [4.69, 9.17) is 5.73 Å².